The Kier molecular flexibility index (Phi) is 4.28. The van der Waals surface area contributed by atoms with Crippen molar-refractivity contribution in [1.29, 1.82) is 5.26 Å². The molecule has 0 aliphatic rings. The van der Waals surface area contributed by atoms with Crippen molar-refractivity contribution < 1.29 is 4.79 Å². The molecule has 0 saturated carbocycles. The summed E-state index contributed by atoms with van der Waals surface area (Å²) in [5.74, 6) is -0.164. The topological polar surface area (TPSA) is 44.1 Å². The van der Waals surface area contributed by atoms with Crippen LogP contribution in [0.3, 0.4) is 0 Å². The molecule has 1 aromatic carbocycles. The second-order valence-corrected chi connectivity index (χ2v) is 4.46. The number of rotatable bonds is 3. The number of carbonyl (C=O) groups is 1. The van der Waals surface area contributed by atoms with E-state index in [1.807, 2.05) is 39.0 Å². The number of hydrogen-bond donors (Lipinski definition) is 0. The van der Waals surface area contributed by atoms with E-state index in [1.54, 1.807) is 11.9 Å². The standard InChI is InChI=1S/C14H18N2O/c1-10(8-15)9-16(4)14(17)13-7-5-6-11(2)12(13)3/h5-7,10H,9H2,1-4H3. The lowest BCUT2D eigenvalue weighted by molar-refractivity contribution is 0.0784. The summed E-state index contributed by atoms with van der Waals surface area (Å²) in [5, 5.41) is 8.75. The highest BCUT2D eigenvalue weighted by atomic mass is 16.2. The molecule has 0 N–H and O–H groups in total. The Hall–Kier alpha value is -1.82. The van der Waals surface area contributed by atoms with Gasteiger partial charge in [0, 0.05) is 19.2 Å². The zero-order valence-electron chi connectivity index (χ0n) is 10.8. The van der Waals surface area contributed by atoms with Gasteiger partial charge in [0.2, 0.25) is 0 Å². The number of nitriles is 1. The van der Waals surface area contributed by atoms with Gasteiger partial charge in [0.05, 0.1) is 12.0 Å². The Morgan fingerprint density at radius 2 is 2.12 bits per heavy atom. The van der Waals surface area contributed by atoms with E-state index in [0.717, 1.165) is 16.7 Å². The molecule has 0 heterocycles. The molecule has 1 amide bonds. The Labute approximate surface area is 103 Å². The molecule has 1 unspecified atom stereocenters. The predicted octanol–water partition coefficient (Wildman–Crippen LogP) is 2.54. The summed E-state index contributed by atoms with van der Waals surface area (Å²) >= 11 is 0. The van der Waals surface area contributed by atoms with Crippen LogP contribution in [-0.4, -0.2) is 24.4 Å². The molecule has 1 aromatic rings. The highest BCUT2D eigenvalue weighted by Crippen LogP contribution is 2.15. The summed E-state index contributed by atoms with van der Waals surface area (Å²) in [4.78, 5) is 13.8. The Bertz CT molecular complexity index is 460. The molecule has 0 radical (unpaired) electrons. The normalized spacial score (nSPS) is 11.7. The third kappa shape index (κ3) is 3.07. The first-order valence-electron chi connectivity index (χ1n) is 5.68. The van der Waals surface area contributed by atoms with Crippen LogP contribution in [0.1, 0.15) is 28.4 Å². The van der Waals surface area contributed by atoms with E-state index in [0.29, 0.717) is 6.54 Å². The molecule has 3 heteroatoms. The number of benzene rings is 1. The summed E-state index contributed by atoms with van der Waals surface area (Å²) in [6.45, 7) is 6.21. The quantitative estimate of drug-likeness (QED) is 0.801. The van der Waals surface area contributed by atoms with Crippen LogP contribution in [0, 0.1) is 31.1 Å². The summed E-state index contributed by atoms with van der Waals surface area (Å²) in [5.41, 5.74) is 2.84. The lowest BCUT2D eigenvalue weighted by Gasteiger charge is -2.19. The van der Waals surface area contributed by atoms with Crippen LogP contribution in [0.2, 0.25) is 0 Å². The van der Waals surface area contributed by atoms with Crippen molar-refractivity contribution in [2.75, 3.05) is 13.6 Å². The maximum absolute atomic E-state index is 12.2. The van der Waals surface area contributed by atoms with Crippen LogP contribution in [0.5, 0.6) is 0 Å². The molecule has 90 valence electrons. The Balaban J connectivity index is 2.90. The summed E-state index contributed by atoms with van der Waals surface area (Å²) < 4.78 is 0. The highest BCUT2D eigenvalue weighted by Gasteiger charge is 2.16. The molecule has 1 rings (SSSR count). The third-order valence-electron chi connectivity index (χ3n) is 2.95. The van der Waals surface area contributed by atoms with E-state index < -0.39 is 0 Å². The molecule has 0 saturated heterocycles. The molecular formula is C14H18N2O. The van der Waals surface area contributed by atoms with Crippen molar-refractivity contribution >= 4 is 5.91 Å². The van der Waals surface area contributed by atoms with Gasteiger partial charge in [-0.15, -0.1) is 0 Å². The Morgan fingerprint density at radius 1 is 1.47 bits per heavy atom. The molecule has 0 aliphatic carbocycles. The van der Waals surface area contributed by atoms with Gasteiger partial charge >= 0.3 is 0 Å². The van der Waals surface area contributed by atoms with Crippen LogP contribution >= 0.6 is 0 Å². The highest BCUT2D eigenvalue weighted by molar-refractivity contribution is 5.95. The van der Waals surface area contributed by atoms with Crippen molar-refractivity contribution in [3.8, 4) is 6.07 Å². The van der Waals surface area contributed by atoms with Crippen molar-refractivity contribution in [2.45, 2.75) is 20.8 Å². The SMILES string of the molecule is Cc1cccc(C(=O)N(C)CC(C)C#N)c1C. The van der Waals surface area contributed by atoms with Gasteiger partial charge < -0.3 is 4.90 Å². The summed E-state index contributed by atoms with van der Waals surface area (Å²) in [7, 11) is 1.73. The smallest absolute Gasteiger partial charge is 0.253 e. The maximum Gasteiger partial charge on any atom is 0.253 e. The lowest BCUT2D eigenvalue weighted by Crippen LogP contribution is -2.31. The van der Waals surface area contributed by atoms with Gasteiger partial charge in [0.25, 0.3) is 5.91 Å². The molecule has 0 aromatic heterocycles. The van der Waals surface area contributed by atoms with E-state index in [-0.39, 0.29) is 11.8 Å². The van der Waals surface area contributed by atoms with E-state index in [1.165, 1.54) is 0 Å². The van der Waals surface area contributed by atoms with Crippen molar-refractivity contribution in [3.05, 3.63) is 34.9 Å². The van der Waals surface area contributed by atoms with Gasteiger partial charge in [-0.2, -0.15) is 5.26 Å². The van der Waals surface area contributed by atoms with Gasteiger partial charge in [-0.25, -0.2) is 0 Å². The summed E-state index contributed by atoms with van der Waals surface area (Å²) in [6.07, 6.45) is 0. The largest absolute Gasteiger partial charge is 0.340 e. The minimum Gasteiger partial charge on any atom is -0.340 e. The fourth-order valence-electron chi connectivity index (χ4n) is 1.72. The first kappa shape index (κ1) is 13.2. The molecule has 3 nitrogen and oxygen atoms in total. The molecular weight excluding hydrogens is 212 g/mol. The molecule has 17 heavy (non-hydrogen) atoms. The number of nitrogens with zero attached hydrogens (tertiary/aromatic N) is 2. The summed E-state index contributed by atoms with van der Waals surface area (Å²) in [6, 6.07) is 7.84. The first-order chi connectivity index (χ1) is 7.97. The fraction of sp³-hybridized carbons (Fsp3) is 0.429. The molecule has 0 fully saturated rings. The average molecular weight is 230 g/mol. The van der Waals surface area contributed by atoms with Gasteiger partial charge in [-0.1, -0.05) is 12.1 Å². The van der Waals surface area contributed by atoms with Gasteiger partial charge in [-0.05, 0) is 38.0 Å². The van der Waals surface area contributed by atoms with Gasteiger partial charge in [0.1, 0.15) is 0 Å². The molecule has 0 aliphatic heterocycles. The minimum absolute atomic E-state index is 0.0201. The van der Waals surface area contributed by atoms with Gasteiger partial charge in [0.15, 0.2) is 0 Å². The van der Waals surface area contributed by atoms with Crippen molar-refractivity contribution in [3.63, 3.8) is 0 Å². The van der Waals surface area contributed by atoms with Crippen molar-refractivity contribution in [1.82, 2.24) is 4.90 Å². The zero-order chi connectivity index (χ0) is 13.0. The van der Waals surface area contributed by atoms with E-state index in [4.69, 9.17) is 5.26 Å². The van der Waals surface area contributed by atoms with Crippen LogP contribution in [0.15, 0.2) is 18.2 Å². The third-order valence-corrected chi connectivity index (χ3v) is 2.95. The lowest BCUT2D eigenvalue weighted by atomic mass is 10.0. The maximum atomic E-state index is 12.2. The zero-order valence-corrected chi connectivity index (χ0v) is 10.8. The molecule has 0 spiro atoms. The predicted molar refractivity (Wildman–Crippen MR) is 67.7 cm³/mol. The van der Waals surface area contributed by atoms with Crippen molar-refractivity contribution in [2.24, 2.45) is 5.92 Å². The van der Waals surface area contributed by atoms with Crippen LogP contribution in [0.25, 0.3) is 0 Å². The first-order valence-corrected chi connectivity index (χ1v) is 5.68. The monoisotopic (exact) mass is 230 g/mol. The second-order valence-electron chi connectivity index (χ2n) is 4.46. The number of amides is 1. The Morgan fingerprint density at radius 3 is 2.71 bits per heavy atom. The molecule has 0 bridgehead atoms. The van der Waals surface area contributed by atoms with Crippen LogP contribution in [0.4, 0.5) is 0 Å². The second kappa shape index (κ2) is 5.49. The van der Waals surface area contributed by atoms with E-state index in [9.17, 15) is 4.79 Å². The van der Waals surface area contributed by atoms with E-state index in [2.05, 4.69) is 6.07 Å². The average Bonchev–Trinajstić information content (AvgIpc) is 2.31. The van der Waals surface area contributed by atoms with Crippen LogP contribution in [-0.2, 0) is 0 Å². The number of carbonyl (C=O) groups excluding carboxylic acids is 1. The number of aryl methyl sites for hydroxylation is 1. The van der Waals surface area contributed by atoms with E-state index >= 15 is 0 Å². The fourth-order valence-corrected chi connectivity index (χ4v) is 1.72. The minimum atomic E-state index is -0.144. The van der Waals surface area contributed by atoms with Crippen LogP contribution < -0.4 is 0 Å². The van der Waals surface area contributed by atoms with Gasteiger partial charge in [-0.3, -0.25) is 4.79 Å². The number of hydrogen-bond acceptors (Lipinski definition) is 2. The molecule has 1 atom stereocenters.